The summed E-state index contributed by atoms with van der Waals surface area (Å²) >= 11 is 0. The average Bonchev–Trinajstić information content (AvgIpc) is 3.11. The van der Waals surface area contributed by atoms with Crippen LogP contribution in [-0.4, -0.2) is 51.2 Å². The van der Waals surface area contributed by atoms with Gasteiger partial charge in [-0.15, -0.1) is 0 Å². The van der Waals surface area contributed by atoms with Crippen LogP contribution in [0.1, 0.15) is 39.0 Å². The van der Waals surface area contributed by atoms with Crippen molar-refractivity contribution in [2.24, 2.45) is 17.8 Å². The van der Waals surface area contributed by atoms with Crippen LogP contribution in [0, 0.1) is 17.8 Å². The molecule has 1 fully saturated rings. The molecular weight excluding hydrogens is 330 g/mol. The minimum absolute atomic E-state index is 0.297. The average molecular weight is 357 g/mol. The summed E-state index contributed by atoms with van der Waals surface area (Å²) in [5, 5.41) is 2.60. The Bertz CT molecular complexity index is 483. The number of hydrogen-bond donors (Lipinski definition) is 1. The Balaban J connectivity index is 2.90. The molecule has 0 unspecified atom stereocenters. The topological polar surface area (TPSA) is 108 Å². The van der Waals surface area contributed by atoms with Gasteiger partial charge in [-0.1, -0.05) is 19.8 Å². The predicted molar refractivity (Wildman–Crippen MR) is 87.2 cm³/mol. The monoisotopic (exact) mass is 357 g/mol. The predicted octanol–water partition coefficient (Wildman–Crippen LogP) is 0.823. The fourth-order valence-electron chi connectivity index (χ4n) is 3.21. The standard InChI is InChI=1S/C17H27NO7/c1-10(13(15(20)23-2)16(21)24-3)14(17(22)25-4)18-12(19)9-11-7-5-6-8-11/h10-11,13-14H,5-9H2,1-4H3,(H,18,19)/t10-,14+/m0/s1. The Morgan fingerprint density at radius 2 is 1.40 bits per heavy atom. The summed E-state index contributed by atoms with van der Waals surface area (Å²) in [4.78, 5) is 48.3. The van der Waals surface area contributed by atoms with Gasteiger partial charge in [0.15, 0.2) is 5.92 Å². The summed E-state index contributed by atoms with van der Waals surface area (Å²) in [7, 11) is 3.45. The zero-order chi connectivity index (χ0) is 19.0. The van der Waals surface area contributed by atoms with E-state index in [2.05, 4.69) is 14.8 Å². The van der Waals surface area contributed by atoms with Gasteiger partial charge in [-0.05, 0) is 18.8 Å². The molecule has 0 aromatic heterocycles. The molecule has 1 aliphatic carbocycles. The second kappa shape index (κ2) is 10.0. The number of ether oxygens (including phenoxy) is 3. The highest BCUT2D eigenvalue weighted by Gasteiger charge is 2.42. The minimum Gasteiger partial charge on any atom is -0.468 e. The lowest BCUT2D eigenvalue weighted by Gasteiger charge is -2.27. The largest absolute Gasteiger partial charge is 0.468 e. The molecule has 1 amide bonds. The van der Waals surface area contributed by atoms with E-state index in [4.69, 9.17) is 4.74 Å². The molecule has 1 N–H and O–H groups in total. The van der Waals surface area contributed by atoms with Crippen molar-refractivity contribution in [1.29, 1.82) is 0 Å². The van der Waals surface area contributed by atoms with Crippen molar-refractivity contribution in [3.63, 3.8) is 0 Å². The van der Waals surface area contributed by atoms with Gasteiger partial charge in [-0.25, -0.2) is 4.79 Å². The number of carbonyl (C=O) groups excluding carboxylic acids is 4. The van der Waals surface area contributed by atoms with Crippen molar-refractivity contribution in [3.05, 3.63) is 0 Å². The number of methoxy groups -OCH3 is 3. The lowest BCUT2D eigenvalue weighted by molar-refractivity contribution is -0.163. The van der Waals surface area contributed by atoms with Gasteiger partial charge in [-0.2, -0.15) is 0 Å². The molecule has 0 aliphatic heterocycles. The van der Waals surface area contributed by atoms with Gasteiger partial charge in [0, 0.05) is 12.3 Å². The molecule has 0 aromatic carbocycles. The molecule has 0 radical (unpaired) electrons. The van der Waals surface area contributed by atoms with Crippen molar-refractivity contribution in [2.45, 2.75) is 45.1 Å². The quantitative estimate of drug-likeness (QED) is 0.389. The van der Waals surface area contributed by atoms with Crippen LogP contribution in [-0.2, 0) is 33.4 Å². The van der Waals surface area contributed by atoms with E-state index in [9.17, 15) is 19.2 Å². The first kappa shape index (κ1) is 20.9. The first-order valence-corrected chi connectivity index (χ1v) is 8.38. The summed E-state index contributed by atoms with van der Waals surface area (Å²) in [6.07, 6.45) is 4.47. The third kappa shape index (κ3) is 5.72. The van der Waals surface area contributed by atoms with Crippen LogP contribution < -0.4 is 5.32 Å². The smallest absolute Gasteiger partial charge is 0.328 e. The molecule has 0 bridgehead atoms. The van der Waals surface area contributed by atoms with Gasteiger partial charge in [0.1, 0.15) is 6.04 Å². The van der Waals surface area contributed by atoms with Crippen LogP contribution >= 0.6 is 0 Å². The first-order chi connectivity index (χ1) is 11.8. The Morgan fingerprint density at radius 1 is 0.920 bits per heavy atom. The highest BCUT2D eigenvalue weighted by Crippen LogP contribution is 2.28. The normalized spacial score (nSPS) is 16.8. The molecule has 142 valence electrons. The zero-order valence-corrected chi connectivity index (χ0v) is 15.2. The number of rotatable bonds is 8. The summed E-state index contributed by atoms with van der Waals surface area (Å²) in [5.41, 5.74) is 0. The number of nitrogens with one attached hydrogen (secondary N) is 1. The van der Waals surface area contributed by atoms with Gasteiger partial charge in [0.05, 0.1) is 21.3 Å². The van der Waals surface area contributed by atoms with E-state index in [-0.39, 0.29) is 5.91 Å². The van der Waals surface area contributed by atoms with Gasteiger partial charge >= 0.3 is 17.9 Å². The van der Waals surface area contributed by atoms with E-state index >= 15 is 0 Å². The molecule has 1 aliphatic rings. The molecule has 8 heteroatoms. The van der Waals surface area contributed by atoms with E-state index in [1.165, 1.54) is 14.0 Å². The molecule has 8 nitrogen and oxygen atoms in total. The van der Waals surface area contributed by atoms with Gasteiger partial charge < -0.3 is 19.5 Å². The van der Waals surface area contributed by atoms with Gasteiger partial charge in [0.2, 0.25) is 5.91 Å². The van der Waals surface area contributed by atoms with Crippen LogP contribution in [0.25, 0.3) is 0 Å². The van der Waals surface area contributed by atoms with E-state index in [1.807, 2.05) is 0 Å². The Kier molecular flexibility index (Phi) is 8.37. The van der Waals surface area contributed by atoms with Crippen LogP contribution in [0.3, 0.4) is 0 Å². The van der Waals surface area contributed by atoms with Crippen LogP contribution in [0.4, 0.5) is 0 Å². The Labute approximate surface area is 147 Å². The number of hydrogen-bond acceptors (Lipinski definition) is 7. The summed E-state index contributed by atoms with van der Waals surface area (Å²) in [6.45, 7) is 1.50. The zero-order valence-electron chi connectivity index (χ0n) is 15.2. The maximum atomic E-state index is 12.3. The SMILES string of the molecule is COC(=O)C(C(=O)OC)[C@H](C)[C@@H](NC(=O)CC1CCCC1)C(=O)OC. The van der Waals surface area contributed by atoms with E-state index in [0.29, 0.717) is 12.3 Å². The Morgan fingerprint density at radius 3 is 1.84 bits per heavy atom. The summed E-state index contributed by atoms with van der Waals surface area (Å²) in [6, 6.07) is -1.15. The Hall–Kier alpha value is -2.12. The maximum Gasteiger partial charge on any atom is 0.328 e. The molecule has 0 spiro atoms. The summed E-state index contributed by atoms with van der Waals surface area (Å²) in [5.74, 6) is -4.64. The highest BCUT2D eigenvalue weighted by molar-refractivity contribution is 5.96. The van der Waals surface area contributed by atoms with E-state index in [1.54, 1.807) is 0 Å². The third-order valence-electron chi connectivity index (χ3n) is 4.68. The second-order valence-electron chi connectivity index (χ2n) is 6.31. The van der Waals surface area contributed by atoms with Crippen molar-refractivity contribution in [1.82, 2.24) is 5.32 Å². The maximum absolute atomic E-state index is 12.3. The molecule has 0 aromatic rings. The van der Waals surface area contributed by atoms with E-state index < -0.39 is 35.8 Å². The van der Waals surface area contributed by atoms with Crippen LogP contribution in [0.15, 0.2) is 0 Å². The lowest BCUT2D eigenvalue weighted by Crippen LogP contribution is -2.51. The molecule has 1 rings (SSSR count). The molecule has 0 heterocycles. The fourth-order valence-corrected chi connectivity index (χ4v) is 3.21. The van der Waals surface area contributed by atoms with Crippen molar-refractivity contribution < 1.29 is 33.4 Å². The minimum atomic E-state index is -1.34. The third-order valence-corrected chi connectivity index (χ3v) is 4.68. The molecule has 25 heavy (non-hydrogen) atoms. The van der Waals surface area contributed by atoms with Crippen LogP contribution in [0.2, 0.25) is 0 Å². The van der Waals surface area contributed by atoms with Crippen molar-refractivity contribution in [2.75, 3.05) is 21.3 Å². The fraction of sp³-hybridized carbons (Fsp3) is 0.765. The van der Waals surface area contributed by atoms with Crippen molar-refractivity contribution >= 4 is 23.8 Å². The molecular formula is C17H27NO7. The van der Waals surface area contributed by atoms with Gasteiger partial charge in [0.25, 0.3) is 0 Å². The summed E-state index contributed by atoms with van der Waals surface area (Å²) < 4.78 is 14.0. The first-order valence-electron chi connectivity index (χ1n) is 8.38. The number of carbonyl (C=O) groups is 4. The molecule has 0 saturated heterocycles. The van der Waals surface area contributed by atoms with Crippen LogP contribution in [0.5, 0.6) is 0 Å². The lowest BCUT2D eigenvalue weighted by atomic mass is 9.87. The van der Waals surface area contributed by atoms with Crippen molar-refractivity contribution in [3.8, 4) is 0 Å². The van der Waals surface area contributed by atoms with Gasteiger partial charge in [-0.3, -0.25) is 14.4 Å². The molecule has 1 saturated carbocycles. The number of esters is 3. The second-order valence-corrected chi connectivity index (χ2v) is 6.31. The van der Waals surface area contributed by atoms with E-state index in [0.717, 1.165) is 39.9 Å². The molecule has 2 atom stereocenters. The number of amides is 1. The highest BCUT2D eigenvalue weighted by atomic mass is 16.5.